The van der Waals surface area contributed by atoms with Gasteiger partial charge in [-0.15, -0.1) is 0 Å². The van der Waals surface area contributed by atoms with Crippen molar-refractivity contribution >= 4 is 34.9 Å². The predicted octanol–water partition coefficient (Wildman–Crippen LogP) is 2.39. The third-order valence-corrected chi connectivity index (χ3v) is 5.52. The number of fused-ring (bicyclic) bond motifs is 1. The standard InChI is InChI=1S/C25H23N9O3/c1-13-4-3-5-15(8-13)31-19(35)11-37-17-7-6-14(9-18(17)36-2)22-20-21(28)16(10-26)23(29)33-24(20)34-25(32-22)30-12-27/h3-9,22H,11H2,1-2H3,(H,31,35)(H6,28,29,30,32,33,34). The summed E-state index contributed by atoms with van der Waals surface area (Å²) in [6.45, 7) is 1.69. The molecule has 1 aliphatic rings. The van der Waals surface area contributed by atoms with Crippen LogP contribution in [0.15, 0.2) is 47.5 Å². The van der Waals surface area contributed by atoms with Gasteiger partial charge in [0.05, 0.1) is 12.8 Å². The Morgan fingerprint density at radius 3 is 2.70 bits per heavy atom. The minimum Gasteiger partial charge on any atom is -0.493 e. The zero-order valence-corrected chi connectivity index (χ0v) is 20.0. The van der Waals surface area contributed by atoms with Crippen LogP contribution in [0, 0.1) is 29.7 Å². The number of pyridine rings is 1. The fraction of sp³-hybridized carbons (Fsp3) is 0.160. The van der Waals surface area contributed by atoms with Gasteiger partial charge in [0.2, 0.25) is 5.96 Å². The van der Waals surface area contributed by atoms with Gasteiger partial charge in [-0.3, -0.25) is 10.1 Å². The van der Waals surface area contributed by atoms with Crippen LogP contribution >= 0.6 is 0 Å². The molecule has 0 saturated heterocycles. The first-order valence-electron chi connectivity index (χ1n) is 11.0. The molecule has 2 aromatic carbocycles. The number of aromatic nitrogens is 1. The molecule has 0 spiro atoms. The summed E-state index contributed by atoms with van der Waals surface area (Å²) >= 11 is 0. The maximum absolute atomic E-state index is 12.4. The Balaban J connectivity index is 1.62. The lowest BCUT2D eigenvalue weighted by Crippen LogP contribution is -2.32. The number of guanidine groups is 1. The van der Waals surface area contributed by atoms with Gasteiger partial charge in [0.15, 0.2) is 24.3 Å². The largest absolute Gasteiger partial charge is 0.493 e. The topological polar surface area (TPSA) is 196 Å². The van der Waals surface area contributed by atoms with Crippen LogP contribution in [0.2, 0.25) is 0 Å². The summed E-state index contributed by atoms with van der Waals surface area (Å²) in [4.78, 5) is 21.1. The number of hydrogen-bond donors (Lipinski definition) is 5. The van der Waals surface area contributed by atoms with E-state index in [9.17, 15) is 10.1 Å². The van der Waals surface area contributed by atoms with Crippen molar-refractivity contribution in [1.29, 1.82) is 10.5 Å². The van der Waals surface area contributed by atoms with Gasteiger partial charge < -0.3 is 31.6 Å². The average Bonchev–Trinajstić information content (AvgIpc) is 2.87. The van der Waals surface area contributed by atoms with E-state index in [2.05, 4.69) is 25.9 Å². The van der Waals surface area contributed by atoms with E-state index in [4.69, 9.17) is 26.2 Å². The van der Waals surface area contributed by atoms with Gasteiger partial charge in [0, 0.05) is 11.3 Å². The first-order valence-corrected chi connectivity index (χ1v) is 11.0. The summed E-state index contributed by atoms with van der Waals surface area (Å²) in [6.07, 6.45) is 1.80. The molecule has 1 unspecified atom stereocenters. The first-order chi connectivity index (χ1) is 17.8. The Hall–Kier alpha value is -5.49. The number of nitrogen functional groups attached to an aromatic ring is 2. The van der Waals surface area contributed by atoms with Crippen LogP contribution in [0.25, 0.3) is 0 Å². The smallest absolute Gasteiger partial charge is 0.262 e. The second-order valence-corrected chi connectivity index (χ2v) is 8.02. The number of anilines is 4. The van der Waals surface area contributed by atoms with Gasteiger partial charge >= 0.3 is 0 Å². The van der Waals surface area contributed by atoms with E-state index in [1.807, 2.05) is 31.2 Å². The number of carbonyl (C=O) groups is 1. The van der Waals surface area contributed by atoms with E-state index in [-0.39, 0.29) is 41.4 Å². The molecule has 0 fully saturated rings. The van der Waals surface area contributed by atoms with E-state index < -0.39 is 6.04 Å². The molecule has 1 aliphatic heterocycles. The van der Waals surface area contributed by atoms with Crippen molar-refractivity contribution in [3.63, 3.8) is 0 Å². The molecule has 0 bridgehead atoms. The van der Waals surface area contributed by atoms with Gasteiger partial charge in [-0.1, -0.05) is 18.2 Å². The number of amides is 1. The lowest BCUT2D eigenvalue weighted by atomic mass is 9.95. The molecule has 1 amide bonds. The summed E-state index contributed by atoms with van der Waals surface area (Å²) < 4.78 is 11.2. The van der Waals surface area contributed by atoms with E-state index >= 15 is 0 Å². The van der Waals surface area contributed by atoms with Crippen molar-refractivity contribution in [1.82, 2.24) is 10.3 Å². The monoisotopic (exact) mass is 497 g/mol. The second-order valence-electron chi connectivity index (χ2n) is 8.02. The molecule has 0 radical (unpaired) electrons. The van der Waals surface area contributed by atoms with Crippen molar-refractivity contribution < 1.29 is 14.3 Å². The van der Waals surface area contributed by atoms with Crippen LogP contribution in [-0.2, 0) is 4.79 Å². The molecule has 7 N–H and O–H groups in total. The van der Waals surface area contributed by atoms with Gasteiger partial charge in [-0.2, -0.15) is 10.5 Å². The first kappa shape index (κ1) is 24.6. The van der Waals surface area contributed by atoms with Crippen molar-refractivity contribution in [2.45, 2.75) is 13.0 Å². The quantitative estimate of drug-likeness (QED) is 0.249. The zero-order chi connectivity index (χ0) is 26.5. The molecule has 12 nitrogen and oxygen atoms in total. The number of nitrogens with one attached hydrogen (secondary N) is 3. The van der Waals surface area contributed by atoms with Crippen LogP contribution in [0.3, 0.4) is 0 Å². The average molecular weight is 498 g/mol. The van der Waals surface area contributed by atoms with Crippen LogP contribution in [0.1, 0.15) is 28.3 Å². The number of methoxy groups -OCH3 is 1. The van der Waals surface area contributed by atoms with E-state index in [0.29, 0.717) is 28.3 Å². The number of ether oxygens (including phenoxy) is 2. The van der Waals surface area contributed by atoms with E-state index in [0.717, 1.165) is 5.56 Å². The fourth-order valence-electron chi connectivity index (χ4n) is 3.86. The SMILES string of the molecule is COc1cc(C2N=C(NC#N)Nc3nc(N)c(C#N)c(N)c32)ccc1OCC(=O)Nc1cccc(C)c1. The summed E-state index contributed by atoms with van der Waals surface area (Å²) in [5.41, 5.74) is 15.0. The lowest BCUT2D eigenvalue weighted by Gasteiger charge is -2.26. The molecule has 186 valence electrons. The van der Waals surface area contributed by atoms with Crippen molar-refractivity contribution in [2.24, 2.45) is 4.99 Å². The Kier molecular flexibility index (Phi) is 6.93. The number of benzene rings is 2. The van der Waals surface area contributed by atoms with Crippen LogP contribution in [0.5, 0.6) is 11.5 Å². The zero-order valence-electron chi connectivity index (χ0n) is 20.0. The van der Waals surface area contributed by atoms with Crippen LogP contribution in [0.4, 0.5) is 23.0 Å². The number of rotatable bonds is 6. The number of hydrogen-bond acceptors (Lipinski definition) is 11. The normalized spacial score (nSPS) is 13.6. The summed E-state index contributed by atoms with van der Waals surface area (Å²) in [7, 11) is 1.46. The highest BCUT2D eigenvalue weighted by molar-refractivity contribution is 5.98. The Bertz CT molecular complexity index is 1490. The molecule has 3 aromatic rings. The summed E-state index contributed by atoms with van der Waals surface area (Å²) in [5, 5.41) is 26.7. The van der Waals surface area contributed by atoms with Crippen LogP contribution < -0.4 is 36.9 Å². The highest BCUT2D eigenvalue weighted by Crippen LogP contribution is 2.42. The van der Waals surface area contributed by atoms with E-state index in [1.54, 1.807) is 30.5 Å². The van der Waals surface area contributed by atoms with Crippen molar-refractivity contribution in [3.05, 3.63) is 64.7 Å². The molecule has 1 atom stereocenters. The maximum atomic E-state index is 12.4. The van der Waals surface area contributed by atoms with Gasteiger partial charge in [-0.05, 0) is 42.3 Å². The number of nitrogens with two attached hydrogens (primary N) is 2. The highest BCUT2D eigenvalue weighted by Gasteiger charge is 2.30. The Morgan fingerprint density at radius 2 is 2.00 bits per heavy atom. The van der Waals surface area contributed by atoms with Gasteiger partial charge in [0.1, 0.15) is 29.3 Å². The molecule has 0 aliphatic carbocycles. The van der Waals surface area contributed by atoms with Crippen LogP contribution in [-0.4, -0.2) is 30.6 Å². The molecule has 2 heterocycles. The molecular formula is C25H23N9O3. The lowest BCUT2D eigenvalue weighted by molar-refractivity contribution is -0.118. The number of nitrogens with zero attached hydrogens (tertiary/aromatic N) is 4. The molecular weight excluding hydrogens is 474 g/mol. The molecule has 4 rings (SSSR count). The minimum absolute atomic E-state index is 0.0315. The minimum atomic E-state index is -0.750. The third-order valence-electron chi connectivity index (χ3n) is 5.52. The van der Waals surface area contributed by atoms with Gasteiger partial charge in [-0.25, -0.2) is 9.98 Å². The summed E-state index contributed by atoms with van der Waals surface area (Å²) in [5.74, 6) is 0.686. The molecule has 0 saturated carbocycles. The van der Waals surface area contributed by atoms with E-state index in [1.165, 1.54) is 7.11 Å². The number of nitriles is 2. The van der Waals surface area contributed by atoms with Crippen molar-refractivity contribution in [2.75, 3.05) is 35.8 Å². The molecule has 37 heavy (non-hydrogen) atoms. The Morgan fingerprint density at radius 1 is 1.19 bits per heavy atom. The molecule has 1 aromatic heterocycles. The summed E-state index contributed by atoms with van der Waals surface area (Å²) in [6, 6.07) is 13.7. The fourth-order valence-corrected chi connectivity index (χ4v) is 3.86. The number of aliphatic imine (C=N–C) groups is 1. The van der Waals surface area contributed by atoms with Gasteiger partial charge in [0.25, 0.3) is 5.91 Å². The third kappa shape index (κ3) is 5.13. The molecule has 12 heteroatoms. The van der Waals surface area contributed by atoms with Crippen molar-refractivity contribution in [3.8, 4) is 23.8 Å². The number of carbonyl (C=O) groups excluding carboxylic acids is 1. The highest BCUT2D eigenvalue weighted by atomic mass is 16.5. The second kappa shape index (κ2) is 10.4. The Labute approximate surface area is 212 Å². The maximum Gasteiger partial charge on any atom is 0.262 e. The predicted molar refractivity (Wildman–Crippen MR) is 138 cm³/mol. The number of aryl methyl sites for hydroxylation is 1.